The van der Waals surface area contributed by atoms with Crippen LogP contribution in [-0.4, -0.2) is 75.4 Å². The minimum Gasteiger partial charge on any atom is -0.508 e. The molecule has 49 heavy (non-hydrogen) atoms. The summed E-state index contributed by atoms with van der Waals surface area (Å²) in [6, 6.07) is 26.6. The van der Waals surface area contributed by atoms with Crippen molar-refractivity contribution < 1.29 is 29.6 Å². The highest BCUT2D eigenvalue weighted by atomic mass is 16.5. The molecule has 6 rings (SSSR count). The maximum Gasteiger partial charge on any atom is 0.234 e. The van der Waals surface area contributed by atoms with Crippen LogP contribution in [0.1, 0.15) is 56.6 Å². The second-order valence-electron chi connectivity index (χ2n) is 13.6. The monoisotopic (exact) mass is 664 g/mol. The van der Waals surface area contributed by atoms with E-state index in [1.807, 2.05) is 60.7 Å². The number of fused-ring (bicyclic) bond motifs is 1. The first kappa shape index (κ1) is 34.6. The second-order valence-corrected chi connectivity index (χ2v) is 13.6. The molecule has 258 valence electrons. The summed E-state index contributed by atoms with van der Waals surface area (Å²) in [6.45, 7) is 4.33. The van der Waals surface area contributed by atoms with E-state index in [2.05, 4.69) is 30.0 Å². The van der Waals surface area contributed by atoms with Crippen molar-refractivity contribution in [3.8, 4) is 11.5 Å². The zero-order valence-electron chi connectivity index (χ0n) is 28.3. The number of carbonyl (C=O) groups excluding carboxylic acids is 2. The van der Waals surface area contributed by atoms with Crippen LogP contribution in [0.5, 0.6) is 11.5 Å². The van der Waals surface area contributed by atoms with Gasteiger partial charge in [0.2, 0.25) is 11.8 Å². The van der Waals surface area contributed by atoms with Gasteiger partial charge in [-0.25, -0.2) is 0 Å². The number of nitrogens with zero attached hydrogens (tertiary/aromatic N) is 2. The van der Waals surface area contributed by atoms with E-state index in [9.17, 15) is 24.9 Å². The van der Waals surface area contributed by atoms with Gasteiger partial charge in [-0.15, -0.1) is 0 Å². The Bertz CT molecular complexity index is 1630. The molecule has 0 unspecified atom stereocenters. The predicted molar refractivity (Wildman–Crippen MR) is 189 cm³/mol. The van der Waals surface area contributed by atoms with E-state index in [4.69, 9.17) is 4.74 Å². The Morgan fingerprint density at radius 3 is 2.27 bits per heavy atom. The van der Waals surface area contributed by atoms with Crippen molar-refractivity contribution in [2.75, 3.05) is 26.3 Å². The van der Waals surface area contributed by atoms with E-state index in [1.54, 1.807) is 12.1 Å². The molecule has 2 saturated heterocycles. The van der Waals surface area contributed by atoms with Crippen molar-refractivity contribution in [3.05, 3.63) is 113 Å². The number of benzene rings is 3. The average molecular weight is 665 g/mol. The smallest absolute Gasteiger partial charge is 0.234 e. The molecule has 3 aliphatic rings. The van der Waals surface area contributed by atoms with Crippen molar-refractivity contribution >= 4 is 17.9 Å². The molecule has 2 fully saturated rings. The van der Waals surface area contributed by atoms with Gasteiger partial charge >= 0.3 is 0 Å². The Kier molecular flexibility index (Phi) is 11.3. The van der Waals surface area contributed by atoms with Crippen molar-refractivity contribution in [2.45, 2.75) is 64.1 Å². The number of aromatic hydroxyl groups is 1. The number of phenols is 1. The Hall–Kier alpha value is -4.24. The molecule has 1 aliphatic carbocycles. The molecule has 2 amide bonds. The van der Waals surface area contributed by atoms with Gasteiger partial charge in [-0.2, -0.15) is 0 Å². The van der Waals surface area contributed by atoms with Gasteiger partial charge in [-0.3, -0.25) is 19.4 Å². The van der Waals surface area contributed by atoms with Crippen LogP contribution >= 0.6 is 0 Å². The molecular weight excluding hydrogens is 616 g/mol. The van der Waals surface area contributed by atoms with Crippen LogP contribution in [0.4, 0.5) is 0 Å². The lowest BCUT2D eigenvalue weighted by Gasteiger charge is -2.37. The molecule has 0 saturated carbocycles. The summed E-state index contributed by atoms with van der Waals surface area (Å²) >= 11 is 0. The highest BCUT2D eigenvalue weighted by Crippen LogP contribution is 2.47. The number of piperidine rings is 1. The largest absolute Gasteiger partial charge is 0.508 e. The Labute approximate surface area is 289 Å². The van der Waals surface area contributed by atoms with Gasteiger partial charge in [0.25, 0.3) is 0 Å². The van der Waals surface area contributed by atoms with E-state index >= 15 is 0 Å². The van der Waals surface area contributed by atoms with E-state index in [0.717, 1.165) is 42.8 Å². The molecule has 0 radical (unpaired) electrons. The number of para-hydroxylation sites is 1. The summed E-state index contributed by atoms with van der Waals surface area (Å²) in [4.78, 5) is 32.2. The topological polar surface area (TPSA) is 111 Å². The molecule has 3 aromatic rings. The molecule has 2 heterocycles. The standard InChI is InChI=1S/C41H48N2O6/c1-2-28(23-29-13-16-33(45)17-14-29)15-18-37(46)38-31(27-49-34-11-7-4-8-12-34)24-35-39(36(38)26-44)41(48)43(40(35)47)32-19-21-42(22-20-32)25-30-9-5-3-6-10-30/h3-14,16-17,23,32,35-37,39,44-46H,2,15,18-22,24-27H2,1H3/b28-23+/t35-,36+,37-,39-/m1/s1. The van der Waals surface area contributed by atoms with Crippen molar-refractivity contribution in [2.24, 2.45) is 17.8 Å². The summed E-state index contributed by atoms with van der Waals surface area (Å²) in [5.41, 5.74) is 4.78. The van der Waals surface area contributed by atoms with Crippen LogP contribution in [0.25, 0.3) is 6.08 Å². The third-order valence-electron chi connectivity index (χ3n) is 10.6. The fourth-order valence-corrected chi connectivity index (χ4v) is 7.98. The SMILES string of the molecule is CC/C(=C\c1ccc(O)cc1)CC[C@@H](O)C1=C(COc2ccccc2)C[C@H]2C(=O)N(C3CCN(Cc4ccccc4)CC3)C(=O)[C@H]2[C@H]1CO. The quantitative estimate of drug-likeness (QED) is 0.152. The van der Waals surface area contributed by atoms with Gasteiger partial charge in [0.15, 0.2) is 0 Å². The third-order valence-corrected chi connectivity index (χ3v) is 10.6. The normalized spacial score (nSPS) is 22.8. The van der Waals surface area contributed by atoms with E-state index in [0.29, 0.717) is 43.4 Å². The number of allylic oxidation sites excluding steroid dienone is 1. The van der Waals surface area contributed by atoms with Crippen LogP contribution in [0, 0.1) is 17.8 Å². The highest BCUT2D eigenvalue weighted by molar-refractivity contribution is 6.06. The lowest BCUT2D eigenvalue weighted by Crippen LogP contribution is -2.47. The maximum absolute atomic E-state index is 14.2. The van der Waals surface area contributed by atoms with Gasteiger partial charge in [-0.1, -0.05) is 79.2 Å². The number of amides is 2. The number of carbonyl (C=O) groups is 2. The molecular formula is C41H48N2O6. The van der Waals surface area contributed by atoms with Crippen molar-refractivity contribution in [1.82, 2.24) is 9.80 Å². The van der Waals surface area contributed by atoms with Crippen molar-refractivity contribution in [3.63, 3.8) is 0 Å². The molecule has 3 aromatic carbocycles. The minimum absolute atomic E-state index is 0.161. The first-order valence-corrected chi connectivity index (χ1v) is 17.7. The number of imide groups is 1. The number of phenolic OH excluding ortho intramolecular Hbond substituents is 1. The molecule has 8 heteroatoms. The number of hydrogen-bond acceptors (Lipinski definition) is 7. The molecule has 0 spiro atoms. The van der Waals surface area contributed by atoms with Crippen LogP contribution < -0.4 is 4.74 Å². The van der Waals surface area contributed by atoms with Crippen LogP contribution in [0.2, 0.25) is 0 Å². The maximum atomic E-state index is 14.2. The number of ether oxygens (including phenoxy) is 1. The van der Waals surface area contributed by atoms with Gasteiger partial charge in [0.05, 0.1) is 24.5 Å². The fourth-order valence-electron chi connectivity index (χ4n) is 7.98. The van der Waals surface area contributed by atoms with Crippen LogP contribution in [0.3, 0.4) is 0 Å². The number of aliphatic hydroxyl groups excluding tert-OH is 2. The summed E-state index contributed by atoms with van der Waals surface area (Å²) in [5, 5.41) is 32.4. The Balaban J connectivity index is 1.21. The summed E-state index contributed by atoms with van der Waals surface area (Å²) in [5.74, 6) is -1.46. The first-order chi connectivity index (χ1) is 23.9. The molecule has 0 bridgehead atoms. The van der Waals surface area contributed by atoms with Gasteiger partial charge in [0, 0.05) is 31.6 Å². The van der Waals surface area contributed by atoms with Gasteiger partial charge in [-0.05, 0) is 85.1 Å². The minimum atomic E-state index is -0.916. The summed E-state index contributed by atoms with van der Waals surface area (Å²) in [6.07, 6.45) is 4.71. The van der Waals surface area contributed by atoms with Gasteiger partial charge < -0.3 is 20.1 Å². The fraction of sp³-hybridized carbons (Fsp3) is 0.415. The lowest BCUT2D eigenvalue weighted by atomic mass is 9.68. The zero-order valence-corrected chi connectivity index (χ0v) is 28.3. The van der Waals surface area contributed by atoms with E-state index < -0.39 is 23.9 Å². The Morgan fingerprint density at radius 2 is 1.61 bits per heavy atom. The number of likely N-dealkylation sites (tertiary alicyclic amines) is 2. The summed E-state index contributed by atoms with van der Waals surface area (Å²) < 4.78 is 6.17. The highest BCUT2D eigenvalue weighted by Gasteiger charge is 2.56. The molecule has 2 aliphatic heterocycles. The number of rotatable bonds is 13. The lowest BCUT2D eigenvalue weighted by molar-refractivity contribution is -0.144. The molecule has 4 atom stereocenters. The molecule has 0 aromatic heterocycles. The van der Waals surface area contributed by atoms with Gasteiger partial charge in [0.1, 0.15) is 18.1 Å². The number of aliphatic hydroxyl groups is 2. The molecule has 3 N–H and O–H groups in total. The van der Waals surface area contributed by atoms with Crippen LogP contribution in [-0.2, 0) is 16.1 Å². The average Bonchev–Trinajstić information content (AvgIpc) is 3.38. The van der Waals surface area contributed by atoms with Crippen molar-refractivity contribution in [1.29, 1.82) is 0 Å². The van der Waals surface area contributed by atoms with E-state index in [-0.39, 0.29) is 36.8 Å². The second kappa shape index (κ2) is 16.0. The third kappa shape index (κ3) is 7.99. The molecule has 8 nitrogen and oxygen atoms in total. The first-order valence-electron chi connectivity index (χ1n) is 17.7. The Morgan fingerprint density at radius 1 is 0.939 bits per heavy atom. The predicted octanol–water partition coefficient (Wildman–Crippen LogP) is 5.98. The van der Waals surface area contributed by atoms with Crippen LogP contribution in [0.15, 0.2) is 102 Å². The number of hydrogen-bond donors (Lipinski definition) is 3. The zero-order chi connectivity index (χ0) is 34.3. The summed E-state index contributed by atoms with van der Waals surface area (Å²) in [7, 11) is 0. The van der Waals surface area contributed by atoms with E-state index in [1.165, 1.54) is 10.5 Å².